The number of ether oxygens (including phenoxy) is 1. The molecular formula is C20H24N4O2S. The molecule has 0 aliphatic heterocycles. The first-order valence-corrected chi connectivity index (χ1v) is 9.76. The summed E-state index contributed by atoms with van der Waals surface area (Å²) < 4.78 is 7.37. The zero-order chi connectivity index (χ0) is 19.4. The summed E-state index contributed by atoms with van der Waals surface area (Å²) in [6.45, 7) is 7.14. The number of nitrogens with zero attached hydrogens (tertiary/aromatic N) is 3. The number of hydrogen-bond donors (Lipinski definition) is 1. The second-order valence-electron chi connectivity index (χ2n) is 6.46. The van der Waals surface area contributed by atoms with Crippen molar-refractivity contribution in [1.82, 2.24) is 20.1 Å². The van der Waals surface area contributed by atoms with Crippen LogP contribution in [0, 0.1) is 13.8 Å². The highest BCUT2D eigenvalue weighted by atomic mass is 32.1. The third kappa shape index (κ3) is 4.54. The summed E-state index contributed by atoms with van der Waals surface area (Å²) >= 11 is 1.39. The molecule has 0 saturated carbocycles. The van der Waals surface area contributed by atoms with E-state index < -0.39 is 0 Å². The zero-order valence-electron chi connectivity index (χ0n) is 16.1. The molecule has 0 aliphatic rings. The zero-order valence-corrected chi connectivity index (χ0v) is 16.9. The quantitative estimate of drug-likeness (QED) is 0.671. The monoisotopic (exact) mass is 384 g/mol. The molecule has 2 heterocycles. The van der Waals surface area contributed by atoms with Crippen molar-refractivity contribution >= 4 is 17.2 Å². The Morgan fingerprint density at radius 3 is 2.81 bits per heavy atom. The smallest absolute Gasteiger partial charge is 0.263 e. The minimum Gasteiger partial charge on any atom is -0.494 e. The second-order valence-corrected chi connectivity index (χ2v) is 7.45. The van der Waals surface area contributed by atoms with Crippen LogP contribution in [0.5, 0.6) is 5.75 Å². The van der Waals surface area contributed by atoms with Crippen molar-refractivity contribution in [3.05, 3.63) is 52.3 Å². The van der Waals surface area contributed by atoms with Crippen LogP contribution in [0.4, 0.5) is 0 Å². The van der Waals surface area contributed by atoms with Gasteiger partial charge >= 0.3 is 0 Å². The molecule has 0 radical (unpaired) electrons. The minimum absolute atomic E-state index is 0.106. The summed E-state index contributed by atoms with van der Waals surface area (Å²) in [6.07, 6.45) is 4.63. The first-order chi connectivity index (χ1) is 13.0. The number of carbonyl (C=O) groups is 1. The number of nitrogens with one attached hydrogen (secondary N) is 1. The fourth-order valence-electron chi connectivity index (χ4n) is 2.69. The molecule has 0 unspecified atom stereocenters. The number of aromatic nitrogens is 3. The number of thiazole rings is 1. The van der Waals surface area contributed by atoms with E-state index in [1.54, 1.807) is 10.9 Å². The van der Waals surface area contributed by atoms with Crippen molar-refractivity contribution in [2.24, 2.45) is 7.05 Å². The fourth-order valence-corrected chi connectivity index (χ4v) is 3.65. The Kier molecular flexibility index (Phi) is 5.91. The van der Waals surface area contributed by atoms with Crippen LogP contribution in [0.2, 0.25) is 0 Å². The van der Waals surface area contributed by atoms with E-state index >= 15 is 0 Å². The van der Waals surface area contributed by atoms with Gasteiger partial charge in [0.15, 0.2) is 0 Å². The third-order valence-electron chi connectivity index (χ3n) is 4.18. The average Bonchev–Trinajstić information content (AvgIpc) is 3.24. The van der Waals surface area contributed by atoms with Gasteiger partial charge in [-0.1, -0.05) is 13.0 Å². The van der Waals surface area contributed by atoms with Gasteiger partial charge in [-0.3, -0.25) is 9.48 Å². The van der Waals surface area contributed by atoms with E-state index in [0.29, 0.717) is 18.0 Å². The number of carbonyl (C=O) groups excluding carboxylic acids is 1. The Balaban J connectivity index is 1.67. The Morgan fingerprint density at radius 2 is 2.15 bits per heavy atom. The van der Waals surface area contributed by atoms with Crippen LogP contribution in [0.1, 0.15) is 39.8 Å². The molecule has 0 atom stereocenters. The molecule has 3 aromatic rings. The highest BCUT2D eigenvalue weighted by Crippen LogP contribution is 2.27. The maximum atomic E-state index is 12.6. The minimum atomic E-state index is -0.106. The number of benzene rings is 1. The van der Waals surface area contributed by atoms with Crippen molar-refractivity contribution < 1.29 is 9.53 Å². The first-order valence-electron chi connectivity index (χ1n) is 8.95. The largest absolute Gasteiger partial charge is 0.494 e. The van der Waals surface area contributed by atoms with Gasteiger partial charge in [-0.25, -0.2) is 4.98 Å². The molecular weight excluding hydrogens is 360 g/mol. The van der Waals surface area contributed by atoms with Gasteiger partial charge < -0.3 is 10.1 Å². The van der Waals surface area contributed by atoms with Gasteiger partial charge in [-0.15, -0.1) is 11.3 Å². The Bertz CT molecular complexity index is 945. The highest BCUT2D eigenvalue weighted by Gasteiger charge is 2.17. The van der Waals surface area contributed by atoms with Gasteiger partial charge in [0, 0.05) is 25.4 Å². The molecule has 1 aromatic carbocycles. The van der Waals surface area contributed by atoms with Gasteiger partial charge in [-0.05, 0) is 43.5 Å². The fraction of sp³-hybridized carbons (Fsp3) is 0.350. The molecule has 1 amide bonds. The second kappa shape index (κ2) is 8.35. The van der Waals surface area contributed by atoms with Crippen LogP contribution in [-0.4, -0.2) is 27.3 Å². The predicted octanol–water partition coefficient (Wildman–Crippen LogP) is 3.88. The van der Waals surface area contributed by atoms with Crippen molar-refractivity contribution in [1.29, 1.82) is 0 Å². The molecule has 7 heteroatoms. The lowest BCUT2D eigenvalue weighted by Crippen LogP contribution is -2.23. The lowest BCUT2D eigenvalue weighted by molar-refractivity contribution is 0.0954. The molecule has 27 heavy (non-hydrogen) atoms. The van der Waals surface area contributed by atoms with Crippen LogP contribution in [0.3, 0.4) is 0 Å². The topological polar surface area (TPSA) is 69.0 Å². The van der Waals surface area contributed by atoms with Gasteiger partial charge in [0.05, 0.1) is 18.5 Å². The summed E-state index contributed by atoms with van der Waals surface area (Å²) in [6, 6.07) is 5.96. The van der Waals surface area contributed by atoms with Gasteiger partial charge in [0.2, 0.25) is 0 Å². The van der Waals surface area contributed by atoms with Crippen LogP contribution < -0.4 is 10.1 Å². The van der Waals surface area contributed by atoms with Crippen LogP contribution in [0.15, 0.2) is 30.6 Å². The highest BCUT2D eigenvalue weighted by molar-refractivity contribution is 7.17. The summed E-state index contributed by atoms with van der Waals surface area (Å²) in [5.74, 6) is 0.759. The predicted molar refractivity (Wildman–Crippen MR) is 107 cm³/mol. The van der Waals surface area contributed by atoms with E-state index in [1.807, 2.05) is 45.3 Å². The maximum absolute atomic E-state index is 12.6. The molecule has 6 nitrogen and oxygen atoms in total. The van der Waals surface area contributed by atoms with Crippen LogP contribution in [-0.2, 0) is 13.6 Å². The number of rotatable bonds is 7. The van der Waals surface area contributed by atoms with E-state index in [0.717, 1.165) is 39.6 Å². The van der Waals surface area contributed by atoms with E-state index in [4.69, 9.17) is 4.74 Å². The summed E-state index contributed by atoms with van der Waals surface area (Å²) in [7, 11) is 1.86. The van der Waals surface area contributed by atoms with Gasteiger partial charge in [0.25, 0.3) is 5.91 Å². The van der Waals surface area contributed by atoms with Gasteiger partial charge in [0.1, 0.15) is 15.6 Å². The van der Waals surface area contributed by atoms with E-state index in [1.165, 1.54) is 11.3 Å². The molecule has 142 valence electrons. The van der Waals surface area contributed by atoms with Crippen LogP contribution >= 0.6 is 11.3 Å². The molecule has 3 rings (SSSR count). The van der Waals surface area contributed by atoms with Crippen molar-refractivity contribution in [2.45, 2.75) is 33.7 Å². The molecule has 0 fully saturated rings. The normalized spacial score (nSPS) is 10.8. The van der Waals surface area contributed by atoms with E-state index in [9.17, 15) is 4.79 Å². The molecule has 1 N–H and O–H groups in total. The lowest BCUT2D eigenvalue weighted by Gasteiger charge is -2.10. The van der Waals surface area contributed by atoms with Crippen molar-refractivity contribution in [3.8, 4) is 16.3 Å². The number of amides is 1. The summed E-state index contributed by atoms with van der Waals surface area (Å²) in [5, 5.41) is 7.97. The van der Waals surface area contributed by atoms with Crippen LogP contribution in [0.25, 0.3) is 10.6 Å². The van der Waals surface area contributed by atoms with E-state index in [2.05, 4.69) is 22.3 Å². The lowest BCUT2D eigenvalue weighted by atomic mass is 10.1. The van der Waals surface area contributed by atoms with Crippen molar-refractivity contribution in [2.75, 3.05) is 6.61 Å². The maximum Gasteiger partial charge on any atom is 0.263 e. The Morgan fingerprint density at radius 1 is 1.33 bits per heavy atom. The SMILES string of the molecule is CCCOc1ccc(CNC(=O)c2sc(-c3cnn(C)c3)nc2C)c(C)c1. The van der Waals surface area contributed by atoms with Crippen molar-refractivity contribution in [3.63, 3.8) is 0 Å². The molecule has 0 bridgehead atoms. The molecule has 0 saturated heterocycles. The molecule has 2 aromatic heterocycles. The standard InChI is InChI=1S/C20H24N4O2S/c1-5-8-26-17-7-6-15(13(2)9-17)10-21-19(25)18-14(3)23-20(27-18)16-11-22-24(4)12-16/h6-7,9,11-12H,5,8,10H2,1-4H3,(H,21,25). The van der Waals surface area contributed by atoms with E-state index in [-0.39, 0.29) is 5.91 Å². The molecule has 0 spiro atoms. The Labute approximate surface area is 163 Å². The summed E-state index contributed by atoms with van der Waals surface area (Å²) in [5.41, 5.74) is 3.82. The number of hydrogen-bond acceptors (Lipinski definition) is 5. The number of aryl methyl sites for hydroxylation is 3. The third-order valence-corrected chi connectivity index (χ3v) is 5.39. The summed E-state index contributed by atoms with van der Waals surface area (Å²) in [4.78, 5) is 17.8. The van der Waals surface area contributed by atoms with Gasteiger partial charge in [-0.2, -0.15) is 5.10 Å². The molecule has 0 aliphatic carbocycles. The Hall–Kier alpha value is -2.67. The first kappa shape index (κ1) is 19.1. The average molecular weight is 385 g/mol.